The summed E-state index contributed by atoms with van der Waals surface area (Å²) in [6.45, 7) is 1.96. The van der Waals surface area contributed by atoms with Crippen LogP contribution in [0.25, 0.3) is 0 Å². The van der Waals surface area contributed by atoms with Gasteiger partial charge in [-0.05, 0) is 24.6 Å². The molecule has 4 nitrogen and oxygen atoms in total. The van der Waals surface area contributed by atoms with Gasteiger partial charge in [0, 0.05) is 5.38 Å². The van der Waals surface area contributed by atoms with Crippen LogP contribution >= 0.6 is 22.9 Å². The summed E-state index contributed by atoms with van der Waals surface area (Å²) in [5.74, 6) is 0.887. The van der Waals surface area contributed by atoms with E-state index in [1.54, 1.807) is 7.11 Å². The van der Waals surface area contributed by atoms with Crippen molar-refractivity contribution in [1.29, 1.82) is 0 Å². The number of nitrogens with zero attached hydrogens (tertiary/aromatic N) is 1. The highest BCUT2D eigenvalue weighted by atomic mass is 35.5. The Hall–Kier alpha value is -1.59. The summed E-state index contributed by atoms with van der Waals surface area (Å²) >= 11 is 7.13. The number of amides is 1. The lowest BCUT2D eigenvalue weighted by Crippen LogP contribution is -2.15. The van der Waals surface area contributed by atoms with Gasteiger partial charge >= 0.3 is 0 Å². The molecule has 1 aromatic heterocycles. The molecule has 0 fully saturated rings. The number of methoxy groups -OCH3 is 1. The van der Waals surface area contributed by atoms with E-state index in [-0.39, 0.29) is 12.3 Å². The lowest BCUT2D eigenvalue weighted by Gasteiger charge is -2.10. The Bertz CT molecular complexity index is 613. The molecule has 1 aromatic carbocycles. The molecule has 6 heteroatoms. The lowest BCUT2D eigenvalue weighted by molar-refractivity contribution is -0.115. The Balaban J connectivity index is 2.06. The van der Waals surface area contributed by atoms with E-state index in [1.807, 2.05) is 30.5 Å². The fourth-order valence-electron chi connectivity index (χ4n) is 1.74. The molecule has 0 saturated carbocycles. The predicted molar refractivity (Wildman–Crippen MR) is 81.7 cm³/mol. The van der Waals surface area contributed by atoms with E-state index in [0.717, 1.165) is 16.3 Å². The van der Waals surface area contributed by atoms with Crippen molar-refractivity contribution in [2.45, 2.75) is 19.2 Å². The Morgan fingerprint density at radius 2 is 2.30 bits per heavy atom. The van der Waals surface area contributed by atoms with Gasteiger partial charge in [-0.15, -0.1) is 22.9 Å². The average molecular weight is 311 g/mol. The normalized spacial score (nSPS) is 10.3. The zero-order valence-corrected chi connectivity index (χ0v) is 12.8. The maximum atomic E-state index is 12.0. The van der Waals surface area contributed by atoms with Crippen LogP contribution in [0.4, 0.5) is 5.69 Å². The number of benzene rings is 1. The summed E-state index contributed by atoms with van der Waals surface area (Å²) in [5, 5.41) is 5.47. The largest absolute Gasteiger partial charge is 0.495 e. The van der Waals surface area contributed by atoms with Crippen molar-refractivity contribution in [2.75, 3.05) is 12.4 Å². The highest BCUT2D eigenvalue weighted by Crippen LogP contribution is 2.25. The van der Waals surface area contributed by atoms with Crippen LogP contribution in [-0.2, 0) is 17.1 Å². The molecule has 1 amide bonds. The summed E-state index contributed by atoms with van der Waals surface area (Å²) in [5.41, 5.74) is 2.53. The van der Waals surface area contributed by atoms with Crippen LogP contribution in [0.15, 0.2) is 23.6 Å². The van der Waals surface area contributed by atoms with Gasteiger partial charge in [-0.3, -0.25) is 4.79 Å². The van der Waals surface area contributed by atoms with Gasteiger partial charge in [0.2, 0.25) is 5.91 Å². The second-order valence-electron chi connectivity index (χ2n) is 4.29. The number of rotatable bonds is 5. The molecule has 1 heterocycles. The van der Waals surface area contributed by atoms with Crippen molar-refractivity contribution < 1.29 is 9.53 Å². The quantitative estimate of drug-likeness (QED) is 0.861. The van der Waals surface area contributed by atoms with Gasteiger partial charge in [0.1, 0.15) is 10.8 Å². The zero-order valence-electron chi connectivity index (χ0n) is 11.3. The molecule has 0 bridgehead atoms. The number of aromatic nitrogens is 1. The van der Waals surface area contributed by atoms with E-state index in [4.69, 9.17) is 16.3 Å². The van der Waals surface area contributed by atoms with Crippen molar-refractivity contribution in [1.82, 2.24) is 4.98 Å². The van der Waals surface area contributed by atoms with E-state index in [1.165, 1.54) is 11.3 Å². The van der Waals surface area contributed by atoms with Crippen LogP contribution in [0.1, 0.15) is 16.3 Å². The highest BCUT2D eigenvalue weighted by molar-refractivity contribution is 7.09. The van der Waals surface area contributed by atoms with E-state index < -0.39 is 0 Å². The van der Waals surface area contributed by atoms with Crippen LogP contribution in [0.3, 0.4) is 0 Å². The number of hydrogen-bond donors (Lipinski definition) is 1. The number of alkyl halides is 1. The molecule has 2 aromatic rings. The van der Waals surface area contributed by atoms with Gasteiger partial charge < -0.3 is 10.1 Å². The van der Waals surface area contributed by atoms with Crippen LogP contribution < -0.4 is 10.1 Å². The molecule has 0 aliphatic carbocycles. The summed E-state index contributed by atoms with van der Waals surface area (Å²) in [4.78, 5) is 16.3. The SMILES string of the molecule is COc1ccc(C)cc1NC(=O)Cc1nc(CCl)cs1. The molecular weight excluding hydrogens is 296 g/mol. The third-order valence-electron chi connectivity index (χ3n) is 2.68. The number of nitrogens with one attached hydrogen (secondary N) is 1. The van der Waals surface area contributed by atoms with E-state index in [9.17, 15) is 4.79 Å². The van der Waals surface area contributed by atoms with Gasteiger partial charge in [-0.25, -0.2) is 4.98 Å². The molecule has 2 rings (SSSR count). The predicted octanol–water partition coefficient (Wildman–Crippen LogP) is 3.38. The topological polar surface area (TPSA) is 51.2 Å². The van der Waals surface area contributed by atoms with Crippen LogP contribution in [0.2, 0.25) is 0 Å². The van der Waals surface area contributed by atoms with Crippen molar-refractivity contribution in [3.8, 4) is 5.75 Å². The minimum absolute atomic E-state index is 0.121. The molecule has 0 spiro atoms. The zero-order chi connectivity index (χ0) is 14.5. The van der Waals surface area contributed by atoms with Crippen LogP contribution in [0.5, 0.6) is 5.75 Å². The molecular formula is C14H15ClN2O2S. The number of halogens is 1. The molecule has 0 aliphatic rings. The number of aryl methyl sites for hydroxylation is 1. The fourth-order valence-corrected chi connectivity index (χ4v) is 2.76. The molecule has 0 atom stereocenters. The Morgan fingerprint density at radius 1 is 1.50 bits per heavy atom. The van der Waals surface area contributed by atoms with E-state index in [2.05, 4.69) is 10.3 Å². The van der Waals surface area contributed by atoms with E-state index >= 15 is 0 Å². The van der Waals surface area contributed by atoms with Gasteiger partial charge in [-0.1, -0.05) is 6.07 Å². The third kappa shape index (κ3) is 3.71. The van der Waals surface area contributed by atoms with Crippen molar-refractivity contribution in [2.24, 2.45) is 0 Å². The summed E-state index contributed by atoms with van der Waals surface area (Å²) in [6.07, 6.45) is 0.235. The van der Waals surface area contributed by atoms with Gasteiger partial charge in [0.25, 0.3) is 0 Å². The first-order valence-electron chi connectivity index (χ1n) is 6.06. The van der Waals surface area contributed by atoms with Gasteiger partial charge in [0.05, 0.1) is 30.8 Å². The highest BCUT2D eigenvalue weighted by Gasteiger charge is 2.11. The monoisotopic (exact) mass is 310 g/mol. The molecule has 1 N–H and O–H groups in total. The van der Waals surface area contributed by atoms with Crippen molar-refractivity contribution >= 4 is 34.5 Å². The second-order valence-corrected chi connectivity index (χ2v) is 5.50. The number of carbonyl (C=O) groups is 1. The standard InChI is InChI=1S/C14H15ClN2O2S/c1-9-3-4-12(19-2)11(5-9)17-13(18)6-14-16-10(7-15)8-20-14/h3-5,8H,6-7H2,1-2H3,(H,17,18). The number of carbonyl (C=O) groups excluding carboxylic acids is 1. The number of hydrogen-bond acceptors (Lipinski definition) is 4. The maximum Gasteiger partial charge on any atom is 0.231 e. The smallest absolute Gasteiger partial charge is 0.231 e. The average Bonchev–Trinajstić information content (AvgIpc) is 2.86. The molecule has 0 radical (unpaired) electrons. The van der Waals surface area contributed by atoms with Crippen LogP contribution in [-0.4, -0.2) is 18.0 Å². The number of thiazole rings is 1. The molecule has 0 aliphatic heterocycles. The second kappa shape index (κ2) is 6.72. The summed E-state index contributed by atoms with van der Waals surface area (Å²) < 4.78 is 5.23. The lowest BCUT2D eigenvalue weighted by atomic mass is 10.2. The summed E-state index contributed by atoms with van der Waals surface area (Å²) in [6, 6.07) is 5.64. The number of anilines is 1. The minimum atomic E-state index is -0.121. The minimum Gasteiger partial charge on any atom is -0.495 e. The first kappa shape index (κ1) is 14.8. The number of ether oxygens (including phenoxy) is 1. The Morgan fingerprint density at radius 3 is 2.95 bits per heavy atom. The Kier molecular flexibility index (Phi) is 4.98. The summed E-state index contributed by atoms with van der Waals surface area (Å²) in [7, 11) is 1.58. The van der Waals surface area contributed by atoms with Crippen molar-refractivity contribution in [3.63, 3.8) is 0 Å². The first-order chi connectivity index (χ1) is 9.62. The van der Waals surface area contributed by atoms with Crippen LogP contribution in [0, 0.1) is 6.92 Å². The van der Waals surface area contributed by atoms with Gasteiger partial charge in [0.15, 0.2) is 0 Å². The maximum absolute atomic E-state index is 12.0. The third-order valence-corrected chi connectivity index (χ3v) is 3.85. The van der Waals surface area contributed by atoms with Crippen molar-refractivity contribution in [3.05, 3.63) is 39.8 Å². The van der Waals surface area contributed by atoms with E-state index in [0.29, 0.717) is 17.3 Å². The van der Waals surface area contributed by atoms with Gasteiger partial charge in [-0.2, -0.15) is 0 Å². The molecule has 0 unspecified atom stereocenters. The molecule has 20 heavy (non-hydrogen) atoms. The fraction of sp³-hybridized carbons (Fsp3) is 0.286. The first-order valence-corrected chi connectivity index (χ1v) is 7.47. The molecule has 0 saturated heterocycles. The Labute approximate surface area is 126 Å². The molecule has 106 valence electrons.